The second kappa shape index (κ2) is 9.39. The molecule has 0 radical (unpaired) electrons. The molecular weight excluding hydrogens is 284 g/mol. The number of hydrogen-bond acceptors (Lipinski definition) is 5. The Morgan fingerprint density at radius 1 is 1.00 bits per heavy atom. The van der Waals surface area contributed by atoms with E-state index in [4.69, 9.17) is 14.2 Å². The highest BCUT2D eigenvalue weighted by molar-refractivity contribution is 5.86. The van der Waals surface area contributed by atoms with E-state index in [1.165, 1.54) is 24.3 Å². The van der Waals surface area contributed by atoms with E-state index in [-0.39, 0.29) is 11.5 Å². The largest absolute Gasteiger partial charge is 0.493 e. The van der Waals surface area contributed by atoms with E-state index >= 15 is 0 Å². The number of allylic oxidation sites excluding steroid dienone is 2. The molecule has 0 aromatic heterocycles. The number of carbonyl (C=O) groups excluding carboxylic acids is 2. The minimum Gasteiger partial charge on any atom is -0.493 e. The van der Waals surface area contributed by atoms with Crippen molar-refractivity contribution in [3.05, 3.63) is 42.5 Å². The van der Waals surface area contributed by atoms with Crippen molar-refractivity contribution in [3.63, 3.8) is 0 Å². The van der Waals surface area contributed by atoms with Crippen molar-refractivity contribution in [3.8, 4) is 17.2 Å². The lowest BCUT2D eigenvalue weighted by molar-refractivity contribution is -0.131. The van der Waals surface area contributed by atoms with Gasteiger partial charge in [0.05, 0.1) is 6.61 Å². The summed E-state index contributed by atoms with van der Waals surface area (Å²) >= 11 is 0. The fraction of sp³-hybridized carbons (Fsp3) is 0.294. The molecule has 22 heavy (non-hydrogen) atoms. The third-order valence-corrected chi connectivity index (χ3v) is 2.41. The third-order valence-electron chi connectivity index (χ3n) is 2.41. The van der Waals surface area contributed by atoms with Crippen LogP contribution in [0.1, 0.15) is 27.2 Å². The Bertz CT molecular complexity index is 572. The Kier molecular flexibility index (Phi) is 7.47. The SMILES string of the molecule is C/C=C\C(=O)Oc1ccc(OCCC)cc1OC(=O)/C=C\C. The summed E-state index contributed by atoms with van der Waals surface area (Å²) in [6.07, 6.45) is 6.53. The predicted octanol–water partition coefficient (Wildman–Crippen LogP) is 3.44. The van der Waals surface area contributed by atoms with Crippen molar-refractivity contribution in [2.24, 2.45) is 0 Å². The zero-order valence-electron chi connectivity index (χ0n) is 13.0. The highest BCUT2D eigenvalue weighted by Crippen LogP contribution is 2.32. The maximum absolute atomic E-state index is 11.6. The van der Waals surface area contributed by atoms with E-state index in [0.717, 1.165) is 6.42 Å². The Hall–Kier alpha value is -2.56. The molecule has 5 nitrogen and oxygen atoms in total. The van der Waals surface area contributed by atoms with E-state index in [9.17, 15) is 9.59 Å². The second-order valence-electron chi connectivity index (χ2n) is 4.30. The van der Waals surface area contributed by atoms with Crippen LogP contribution in [0.15, 0.2) is 42.5 Å². The van der Waals surface area contributed by atoms with Gasteiger partial charge in [-0.2, -0.15) is 0 Å². The summed E-state index contributed by atoms with van der Waals surface area (Å²) in [6, 6.07) is 4.71. The summed E-state index contributed by atoms with van der Waals surface area (Å²) in [5.41, 5.74) is 0. The first-order valence-corrected chi connectivity index (χ1v) is 7.06. The van der Waals surface area contributed by atoms with Crippen molar-refractivity contribution in [1.29, 1.82) is 0 Å². The van der Waals surface area contributed by atoms with Gasteiger partial charge in [-0.25, -0.2) is 9.59 Å². The maximum Gasteiger partial charge on any atom is 0.335 e. The molecule has 0 aliphatic carbocycles. The molecule has 0 heterocycles. The summed E-state index contributed by atoms with van der Waals surface area (Å²) in [5, 5.41) is 0. The van der Waals surface area contributed by atoms with Gasteiger partial charge < -0.3 is 14.2 Å². The Morgan fingerprint density at radius 3 is 2.14 bits per heavy atom. The van der Waals surface area contributed by atoms with Gasteiger partial charge in [0.25, 0.3) is 0 Å². The van der Waals surface area contributed by atoms with Crippen LogP contribution in [0, 0.1) is 0 Å². The number of ether oxygens (including phenoxy) is 3. The van der Waals surface area contributed by atoms with Crippen LogP contribution in [0.4, 0.5) is 0 Å². The third kappa shape index (κ3) is 5.83. The van der Waals surface area contributed by atoms with Crippen molar-refractivity contribution in [2.45, 2.75) is 27.2 Å². The van der Waals surface area contributed by atoms with E-state index in [2.05, 4.69) is 0 Å². The molecule has 0 amide bonds. The van der Waals surface area contributed by atoms with E-state index in [1.54, 1.807) is 32.1 Å². The van der Waals surface area contributed by atoms with E-state index < -0.39 is 11.9 Å². The van der Waals surface area contributed by atoms with E-state index in [0.29, 0.717) is 12.4 Å². The van der Waals surface area contributed by atoms with Crippen LogP contribution in [0.5, 0.6) is 17.2 Å². The average Bonchev–Trinajstić information content (AvgIpc) is 2.48. The van der Waals surface area contributed by atoms with Crippen LogP contribution in [0.2, 0.25) is 0 Å². The summed E-state index contributed by atoms with van der Waals surface area (Å²) in [4.78, 5) is 23.1. The van der Waals surface area contributed by atoms with Gasteiger partial charge in [-0.3, -0.25) is 0 Å². The summed E-state index contributed by atoms with van der Waals surface area (Å²) in [7, 11) is 0. The Labute approximate surface area is 130 Å². The first-order chi connectivity index (χ1) is 10.6. The number of esters is 2. The van der Waals surface area contributed by atoms with Gasteiger partial charge in [-0.1, -0.05) is 19.1 Å². The zero-order chi connectivity index (χ0) is 16.4. The minimum absolute atomic E-state index is 0.134. The normalized spacial score (nSPS) is 10.9. The quantitative estimate of drug-likeness (QED) is 0.439. The Morgan fingerprint density at radius 2 is 1.59 bits per heavy atom. The summed E-state index contributed by atoms with van der Waals surface area (Å²) in [6.45, 7) is 5.94. The molecule has 0 N–H and O–H groups in total. The second-order valence-corrected chi connectivity index (χ2v) is 4.30. The van der Waals surface area contributed by atoms with Crippen molar-refractivity contribution >= 4 is 11.9 Å². The summed E-state index contributed by atoms with van der Waals surface area (Å²) in [5.74, 6) is -0.276. The first-order valence-electron chi connectivity index (χ1n) is 7.06. The molecule has 0 fully saturated rings. The number of rotatable bonds is 7. The molecule has 0 saturated heterocycles. The number of carbonyl (C=O) groups is 2. The molecule has 1 aromatic rings. The smallest absolute Gasteiger partial charge is 0.335 e. The topological polar surface area (TPSA) is 61.8 Å². The molecule has 0 aliphatic rings. The number of benzene rings is 1. The van der Waals surface area contributed by atoms with Crippen LogP contribution >= 0.6 is 0 Å². The van der Waals surface area contributed by atoms with Gasteiger partial charge in [0, 0.05) is 18.2 Å². The lowest BCUT2D eigenvalue weighted by Crippen LogP contribution is -2.09. The van der Waals surface area contributed by atoms with Gasteiger partial charge in [0.2, 0.25) is 0 Å². The standard InChI is InChI=1S/C17H20O5/c1-4-7-16(18)21-14-10-9-13(20-11-6-3)12-15(14)22-17(19)8-5-2/h4-5,7-10,12H,6,11H2,1-3H3/b7-4-,8-5-. The van der Waals surface area contributed by atoms with Gasteiger partial charge in [0.1, 0.15) is 5.75 Å². The average molecular weight is 304 g/mol. The molecular formula is C17H20O5. The molecule has 0 saturated carbocycles. The zero-order valence-corrected chi connectivity index (χ0v) is 13.0. The van der Waals surface area contributed by atoms with Crippen molar-refractivity contribution in [1.82, 2.24) is 0 Å². The highest BCUT2D eigenvalue weighted by atomic mass is 16.6. The van der Waals surface area contributed by atoms with Gasteiger partial charge >= 0.3 is 11.9 Å². The van der Waals surface area contributed by atoms with Crippen LogP contribution in [-0.2, 0) is 9.59 Å². The lowest BCUT2D eigenvalue weighted by atomic mass is 10.3. The number of hydrogen-bond donors (Lipinski definition) is 0. The molecule has 0 spiro atoms. The lowest BCUT2D eigenvalue weighted by Gasteiger charge is -2.11. The molecule has 0 unspecified atom stereocenters. The Balaban J connectivity index is 3.01. The molecule has 118 valence electrons. The van der Waals surface area contributed by atoms with Crippen molar-refractivity contribution < 1.29 is 23.8 Å². The monoisotopic (exact) mass is 304 g/mol. The predicted molar refractivity (Wildman–Crippen MR) is 83.1 cm³/mol. The fourth-order valence-corrected chi connectivity index (χ4v) is 1.52. The molecule has 1 rings (SSSR count). The van der Waals surface area contributed by atoms with Gasteiger partial charge in [-0.15, -0.1) is 0 Å². The molecule has 0 bridgehead atoms. The first kappa shape index (κ1) is 17.5. The highest BCUT2D eigenvalue weighted by Gasteiger charge is 2.13. The van der Waals surface area contributed by atoms with E-state index in [1.807, 2.05) is 6.92 Å². The fourth-order valence-electron chi connectivity index (χ4n) is 1.52. The van der Waals surface area contributed by atoms with Crippen molar-refractivity contribution in [2.75, 3.05) is 6.61 Å². The molecule has 0 atom stereocenters. The maximum atomic E-state index is 11.6. The van der Waals surface area contributed by atoms with Crippen LogP contribution in [0.3, 0.4) is 0 Å². The van der Waals surface area contributed by atoms with Crippen LogP contribution < -0.4 is 14.2 Å². The van der Waals surface area contributed by atoms with Crippen LogP contribution in [-0.4, -0.2) is 18.5 Å². The molecule has 1 aromatic carbocycles. The van der Waals surface area contributed by atoms with Gasteiger partial charge in [0.15, 0.2) is 11.5 Å². The van der Waals surface area contributed by atoms with Gasteiger partial charge in [-0.05, 0) is 32.4 Å². The van der Waals surface area contributed by atoms with Crippen LogP contribution in [0.25, 0.3) is 0 Å². The molecule has 5 heteroatoms. The molecule has 0 aliphatic heterocycles. The minimum atomic E-state index is -0.557. The summed E-state index contributed by atoms with van der Waals surface area (Å²) < 4.78 is 15.8.